The summed E-state index contributed by atoms with van der Waals surface area (Å²) in [4.78, 5) is 26.8. The van der Waals surface area contributed by atoms with Crippen LogP contribution < -0.4 is 5.32 Å². The summed E-state index contributed by atoms with van der Waals surface area (Å²) in [5.74, 6) is -0.270. The third-order valence-electron chi connectivity index (χ3n) is 3.65. The number of non-ortho nitro benzene ring substituents is 1. The zero-order valence-electron chi connectivity index (χ0n) is 13.5. The van der Waals surface area contributed by atoms with E-state index in [0.717, 1.165) is 16.3 Å². The number of nitro groups is 1. The maximum absolute atomic E-state index is 12.1. The molecule has 1 heterocycles. The zero-order valence-corrected chi connectivity index (χ0v) is 15.1. The van der Waals surface area contributed by atoms with Crippen LogP contribution in [-0.4, -0.2) is 22.4 Å². The van der Waals surface area contributed by atoms with Crippen LogP contribution >= 0.6 is 22.9 Å². The molecule has 6 nitrogen and oxygen atoms in total. The first-order chi connectivity index (χ1) is 12.5. The molecule has 0 spiro atoms. The normalized spacial score (nSPS) is 10.5. The van der Waals surface area contributed by atoms with Gasteiger partial charge in [-0.2, -0.15) is 0 Å². The molecule has 0 bridgehead atoms. The van der Waals surface area contributed by atoms with Gasteiger partial charge in [-0.05, 0) is 24.3 Å². The number of benzene rings is 2. The predicted molar refractivity (Wildman–Crippen MR) is 102 cm³/mol. The molecule has 0 aliphatic heterocycles. The molecular weight excluding hydrogens is 374 g/mol. The number of nitro benzene ring substituents is 1. The molecule has 3 rings (SSSR count). The van der Waals surface area contributed by atoms with Crippen molar-refractivity contribution in [3.8, 4) is 10.6 Å². The zero-order chi connectivity index (χ0) is 18.5. The molecule has 26 heavy (non-hydrogen) atoms. The molecule has 0 saturated carbocycles. The first-order valence-corrected chi connectivity index (χ1v) is 9.02. The van der Waals surface area contributed by atoms with Crippen molar-refractivity contribution in [3.63, 3.8) is 0 Å². The van der Waals surface area contributed by atoms with Gasteiger partial charge in [0.15, 0.2) is 0 Å². The fourth-order valence-electron chi connectivity index (χ4n) is 2.29. The fourth-order valence-corrected chi connectivity index (χ4v) is 3.27. The van der Waals surface area contributed by atoms with Crippen molar-refractivity contribution in [1.29, 1.82) is 0 Å². The number of hydrogen-bond acceptors (Lipinski definition) is 5. The number of nitrogens with one attached hydrogen (secondary N) is 1. The highest BCUT2D eigenvalue weighted by atomic mass is 35.5. The Hall–Kier alpha value is -2.77. The van der Waals surface area contributed by atoms with Crippen molar-refractivity contribution >= 4 is 34.5 Å². The first kappa shape index (κ1) is 18.0. The molecule has 0 atom stereocenters. The topological polar surface area (TPSA) is 85.1 Å². The molecule has 0 fully saturated rings. The number of hydrogen-bond donors (Lipinski definition) is 1. The standard InChI is InChI=1S/C18H14ClN3O3S/c19-14-5-1-13(2-6-14)18-21-15(11-26-18)9-10-20-17(23)12-3-7-16(8-4-12)22(24)25/h1-8,11H,9-10H2,(H,20,23). The van der Waals surface area contributed by atoms with Crippen molar-refractivity contribution in [2.75, 3.05) is 6.54 Å². The molecule has 1 amide bonds. The van der Waals surface area contributed by atoms with Crippen LogP contribution in [0.15, 0.2) is 53.9 Å². The first-order valence-electron chi connectivity index (χ1n) is 7.76. The maximum Gasteiger partial charge on any atom is 0.269 e. The lowest BCUT2D eigenvalue weighted by atomic mass is 10.2. The summed E-state index contributed by atoms with van der Waals surface area (Å²) in [6.07, 6.45) is 0.600. The number of thiazole rings is 1. The van der Waals surface area contributed by atoms with Crippen LogP contribution in [0.25, 0.3) is 10.6 Å². The van der Waals surface area contributed by atoms with E-state index in [1.54, 1.807) is 0 Å². The molecular formula is C18H14ClN3O3S. The molecule has 3 aromatic rings. The SMILES string of the molecule is O=C(NCCc1csc(-c2ccc(Cl)cc2)n1)c1ccc([N+](=O)[O-])cc1. The van der Waals surface area contributed by atoms with Gasteiger partial charge in [-0.3, -0.25) is 14.9 Å². The van der Waals surface area contributed by atoms with Gasteiger partial charge in [-0.15, -0.1) is 11.3 Å². The molecule has 0 saturated heterocycles. The van der Waals surface area contributed by atoms with Gasteiger partial charge in [0, 0.05) is 46.6 Å². The highest BCUT2D eigenvalue weighted by Gasteiger charge is 2.10. The third-order valence-corrected chi connectivity index (χ3v) is 4.84. The van der Waals surface area contributed by atoms with Crippen LogP contribution in [0.1, 0.15) is 16.1 Å². The Labute approximate surface area is 158 Å². The van der Waals surface area contributed by atoms with Gasteiger partial charge in [-0.25, -0.2) is 4.98 Å². The van der Waals surface area contributed by atoms with E-state index in [4.69, 9.17) is 11.6 Å². The smallest absolute Gasteiger partial charge is 0.269 e. The van der Waals surface area contributed by atoms with Crippen molar-refractivity contribution < 1.29 is 9.72 Å². The Bertz CT molecular complexity index is 924. The molecule has 132 valence electrons. The van der Waals surface area contributed by atoms with Gasteiger partial charge < -0.3 is 5.32 Å². The second kappa shape index (κ2) is 8.07. The minimum Gasteiger partial charge on any atom is -0.352 e. The Balaban J connectivity index is 1.54. The molecule has 0 aliphatic carbocycles. The Kier molecular flexibility index (Phi) is 5.60. The Morgan fingerprint density at radius 3 is 2.50 bits per heavy atom. The minimum atomic E-state index is -0.498. The van der Waals surface area contributed by atoms with Gasteiger partial charge in [0.25, 0.3) is 11.6 Å². The van der Waals surface area contributed by atoms with Gasteiger partial charge in [-0.1, -0.05) is 23.7 Å². The Morgan fingerprint density at radius 1 is 1.15 bits per heavy atom. The fraction of sp³-hybridized carbons (Fsp3) is 0.111. The Morgan fingerprint density at radius 2 is 1.85 bits per heavy atom. The number of aromatic nitrogens is 1. The number of rotatable bonds is 6. The number of carbonyl (C=O) groups is 1. The van der Waals surface area contributed by atoms with Crippen LogP contribution in [0.2, 0.25) is 5.02 Å². The van der Waals surface area contributed by atoms with E-state index >= 15 is 0 Å². The van der Waals surface area contributed by atoms with E-state index in [-0.39, 0.29) is 11.6 Å². The summed E-state index contributed by atoms with van der Waals surface area (Å²) in [5, 5.41) is 17.0. The lowest BCUT2D eigenvalue weighted by Crippen LogP contribution is -2.25. The van der Waals surface area contributed by atoms with Gasteiger partial charge >= 0.3 is 0 Å². The van der Waals surface area contributed by atoms with Crippen LogP contribution in [-0.2, 0) is 6.42 Å². The van der Waals surface area contributed by atoms with Crippen molar-refractivity contribution in [2.24, 2.45) is 0 Å². The predicted octanol–water partition coefficient (Wildman–Crippen LogP) is 4.34. The van der Waals surface area contributed by atoms with Gasteiger partial charge in [0.1, 0.15) is 5.01 Å². The lowest BCUT2D eigenvalue weighted by molar-refractivity contribution is -0.384. The number of amides is 1. The number of carbonyl (C=O) groups excluding carboxylic acids is 1. The highest BCUT2D eigenvalue weighted by Crippen LogP contribution is 2.25. The van der Waals surface area contributed by atoms with Gasteiger partial charge in [0.2, 0.25) is 0 Å². The van der Waals surface area contributed by atoms with E-state index in [9.17, 15) is 14.9 Å². The maximum atomic E-state index is 12.1. The quantitative estimate of drug-likeness (QED) is 0.503. The number of nitrogens with zero attached hydrogens (tertiary/aromatic N) is 2. The summed E-state index contributed by atoms with van der Waals surface area (Å²) in [5.41, 5.74) is 2.24. The lowest BCUT2D eigenvalue weighted by Gasteiger charge is -2.04. The van der Waals surface area contributed by atoms with Crippen LogP contribution in [0.5, 0.6) is 0 Å². The molecule has 2 aromatic carbocycles. The van der Waals surface area contributed by atoms with Crippen LogP contribution in [0, 0.1) is 10.1 Å². The van der Waals surface area contributed by atoms with Crippen molar-refractivity contribution in [2.45, 2.75) is 6.42 Å². The summed E-state index contributed by atoms with van der Waals surface area (Å²) in [7, 11) is 0. The summed E-state index contributed by atoms with van der Waals surface area (Å²) in [6, 6.07) is 13.0. The molecule has 1 aromatic heterocycles. The van der Waals surface area contributed by atoms with E-state index in [0.29, 0.717) is 23.6 Å². The monoisotopic (exact) mass is 387 g/mol. The van der Waals surface area contributed by atoms with Gasteiger partial charge in [0.05, 0.1) is 10.6 Å². The minimum absolute atomic E-state index is 0.0428. The summed E-state index contributed by atoms with van der Waals surface area (Å²) < 4.78 is 0. The average molecular weight is 388 g/mol. The summed E-state index contributed by atoms with van der Waals surface area (Å²) in [6.45, 7) is 0.430. The molecule has 0 aliphatic rings. The van der Waals surface area contributed by atoms with E-state index in [1.165, 1.54) is 35.6 Å². The van der Waals surface area contributed by atoms with E-state index in [2.05, 4.69) is 10.3 Å². The van der Waals surface area contributed by atoms with E-state index < -0.39 is 4.92 Å². The summed E-state index contributed by atoms with van der Waals surface area (Å²) >= 11 is 7.42. The average Bonchev–Trinajstić information content (AvgIpc) is 3.11. The second-order valence-electron chi connectivity index (χ2n) is 5.46. The van der Waals surface area contributed by atoms with E-state index in [1.807, 2.05) is 29.6 Å². The van der Waals surface area contributed by atoms with Crippen molar-refractivity contribution in [3.05, 3.63) is 80.3 Å². The largest absolute Gasteiger partial charge is 0.352 e. The third kappa shape index (κ3) is 4.44. The molecule has 0 radical (unpaired) electrons. The van der Waals surface area contributed by atoms with Crippen molar-refractivity contribution in [1.82, 2.24) is 10.3 Å². The molecule has 8 heteroatoms. The second-order valence-corrected chi connectivity index (χ2v) is 6.76. The highest BCUT2D eigenvalue weighted by molar-refractivity contribution is 7.13. The van der Waals surface area contributed by atoms with Crippen LogP contribution in [0.4, 0.5) is 5.69 Å². The molecule has 1 N–H and O–H groups in total. The number of halogens is 1. The molecule has 0 unspecified atom stereocenters. The van der Waals surface area contributed by atoms with Crippen LogP contribution in [0.3, 0.4) is 0 Å².